The van der Waals surface area contributed by atoms with Crippen LogP contribution in [0.25, 0.3) is 0 Å². The highest BCUT2D eigenvalue weighted by Crippen LogP contribution is 2.50. The molecule has 1 atom stereocenters. The van der Waals surface area contributed by atoms with E-state index in [1.807, 2.05) is 23.2 Å². The van der Waals surface area contributed by atoms with Crippen molar-refractivity contribution in [2.24, 2.45) is 11.3 Å². The first-order chi connectivity index (χ1) is 13.6. The number of likely N-dealkylation sites (tertiary alicyclic amines) is 1. The summed E-state index contributed by atoms with van der Waals surface area (Å²) in [5, 5.41) is 3.32. The lowest BCUT2D eigenvalue weighted by atomic mass is 9.64. The summed E-state index contributed by atoms with van der Waals surface area (Å²) in [5.74, 6) is 0.734. The van der Waals surface area contributed by atoms with Gasteiger partial charge in [-0.2, -0.15) is 0 Å². The number of nitrogens with zero attached hydrogens (tertiary/aromatic N) is 2. The van der Waals surface area contributed by atoms with Crippen LogP contribution in [0.2, 0.25) is 0 Å². The average molecular weight is 382 g/mol. The molecule has 28 heavy (non-hydrogen) atoms. The van der Waals surface area contributed by atoms with Crippen molar-refractivity contribution in [1.29, 1.82) is 0 Å². The number of hydrogen-bond donors (Lipinski definition) is 1. The van der Waals surface area contributed by atoms with Crippen molar-refractivity contribution in [1.82, 2.24) is 15.2 Å². The molecule has 1 unspecified atom stereocenters. The topological polar surface area (TPSA) is 62.3 Å². The van der Waals surface area contributed by atoms with Crippen molar-refractivity contribution in [3.05, 3.63) is 42.7 Å². The molecule has 0 aromatic carbocycles. The van der Waals surface area contributed by atoms with Gasteiger partial charge in [-0.1, -0.05) is 25.5 Å². The molecule has 2 aliphatic carbocycles. The number of hydrogen-bond acceptors (Lipinski definition) is 3. The van der Waals surface area contributed by atoms with Crippen molar-refractivity contribution in [3.8, 4) is 0 Å². The molecule has 5 heteroatoms. The Hall–Kier alpha value is -2.17. The standard InChI is InChI=1S/C23H31N3O2/c1-2-20(27)26-14-11-22(12-15-26)8-3-6-18(22)17-25-21(28)23(9-5-10-23)19-7-4-13-24-16-19/h2,4,7,13,16,18H,1,3,5-6,8-12,14-15,17H2,(H,25,28). The summed E-state index contributed by atoms with van der Waals surface area (Å²) in [5.41, 5.74) is 0.961. The number of nitrogens with one attached hydrogen (secondary N) is 1. The van der Waals surface area contributed by atoms with Crippen molar-refractivity contribution in [3.63, 3.8) is 0 Å². The molecule has 2 heterocycles. The van der Waals surface area contributed by atoms with Gasteiger partial charge in [0, 0.05) is 32.0 Å². The molecule has 0 radical (unpaired) electrons. The van der Waals surface area contributed by atoms with E-state index in [4.69, 9.17) is 0 Å². The number of carbonyl (C=O) groups is 2. The fourth-order valence-corrected chi connectivity index (χ4v) is 5.70. The maximum absolute atomic E-state index is 13.2. The Balaban J connectivity index is 1.38. The Bertz CT molecular complexity index is 733. The van der Waals surface area contributed by atoms with Crippen molar-refractivity contribution in [2.75, 3.05) is 19.6 Å². The number of amides is 2. The SMILES string of the molecule is C=CC(=O)N1CCC2(CCCC2CNC(=O)C2(c3cccnc3)CCC2)CC1. The predicted molar refractivity (Wildman–Crippen MR) is 109 cm³/mol. The van der Waals surface area contributed by atoms with Crippen LogP contribution < -0.4 is 5.32 Å². The van der Waals surface area contributed by atoms with E-state index in [9.17, 15) is 9.59 Å². The van der Waals surface area contributed by atoms with Gasteiger partial charge in [0.2, 0.25) is 11.8 Å². The first-order valence-electron chi connectivity index (χ1n) is 10.7. The fourth-order valence-electron chi connectivity index (χ4n) is 5.70. The molecular formula is C23H31N3O2. The van der Waals surface area contributed by atoms with Crippen molar-refractivity contribution < 1.29 is 9.59 Å². The maximum atomic E-state index is 13.2. The van der Waals surface area contributed by atoms with Crippen LogP contribution in [-0.4, -0.2) is 41.3 Å². The zero-order valence-corrected chi connectivity index (χ0v) is 16.7. The lowest BCUT2D eigenvalue weighted by molar-refractivity contribution is -0.130. The molecule has 1 saturated heterocycles. The quantitative estimate of drug-likeness (QED) is 0.797. The molecule has 0 bridgehead atoms. The molecule has 1 aromatic rings. The highest BCUT2D eigenvalue weighted by atomic mass is 16.2. The maximum Gasteiger partial charge on any atom is 0.245 e. The molecular weight excluding hydrogens is 350 g/mol. The van der Waals surface area contributed by atoms with E-state index in [0.29, 0.717) is 5.92 Å². The third-order valence-electron chi connectivity index (χ3n) is 7.70. The van der Waals surface area contributed by atoms with Gasteiger partial charge in [0.25, 0.3) is 0 Å². The van der Waals surface area contributed by atoms with Gasteiger partial charge in [-0.15, -0.1) is 0 Å². The average Bonchev–Trinajstić information content (AvgIpc) is 3.08. The van der Waals surface area contributed by atoms with E-state index in [0.717, 1.165) is 57.3 Å². The van der Waals surface area contributed by atoms with Crippen molar-refractivity contribution in [2.45, 2.75) is 56.8 Å². The number of pyridine rings is 1. The van der Waals surface area contributed by atoms with E-state index in [2.05, 4.69) is 16.9 Å². The van der Waals surface area contributed by atoms with Crippen LogP contribution in [0, 0.1) is 11.3 Å². The highest BCUT2D eigenvalue weighted by molar-refractivity contribution is 5.89. The highest BCUT2D eigenvalue weighted by Gasteiger charge is 2.48. The molecule has 2 saturated carbocycles. The molecule has 4 rings (SSSR count). The second kappa shape index (κ2) is 7.69. The van der Waals surface area contributed by atoms with Gasteiger partial charge in [0.15, 0.2) is 0 Å². The van der Waals surface area contributed by atoms with E-state index in [-0.39, 0.29) is 22.6 Å². The number of carbonyl (C=O) groups excluding carboxylic acids is 2. The largest absolute Gasteiger partial charge is 0.355 e. The molecule has 1 aliphatic heterocycles. The van der Waals surface area contributed by atoms with Crippen LogP contribution in [0.4, 0.5) is 0 Å². The lowest BCUT2D eigenvalue weighted by Gasteiger charge is -2.44. The molecule has 5 nitrogen and oxygen atoms in total. The summed E-state index contributed by atoms with van der Waals surface area (Å²) in [7, 11) is 0. The summed E-state index contributed by atoms with van der Waals surface area (Å²) >= 11 is 0. The summed E-state index contributed by atoms with van der Waals surface area (Å²) in [4.78, 5) is 31.2. The second-order valence-corrected chi connectivity index (χ2v) is 8.87. The minimum absolute atomic E-state index is 0.0427. The molecule has 3 aliphatic rings. The molecule has 1 N–H and O–H groups in total. The van der Waals surface area contributed by atoms with Crippen LogP contribution in [0.5, 0.6) is 0 Å². The van der Waals surface area contributed by atoms with E-state index >= 15 is 0 Å². The fraction of sp³-hybridized carbons (Fsp3) is 0.609. The Kier molecular flexibility index (Phi) is 5.26. The lowest BCUT2D eigenvalue weighted by Crippen LogP contribution is -2.52. The molecule has 2 amide bonds. The third-order valence-corrected chi connectivity index (χ3v) is 7.70. The van der Waals surface area contributed by atoms with E-state index in [1.165, 1.54) is 25.3 Å². The van der Waals surface area contributed by atoms with Crippen LogP contribution in [0.3, 0.4) is 0 Å². The summed E-state index contributed by atoms with van der Waals surface area (Å²) in [6.07, 6.45) is 13.7. The van der Waals surface area contributed by atoms with E-state index < -0.39 is 0 Å². The Morgan fingerprint density at radius 2 is 2.00 bits per heavy atom. The molecule has 150 valence electrons. The van der Waals surface area contributed by atoms with Crippen LogP contribution in [-0.2, 0) is 15.0 Å². The molecule has 1 aromatic heterocycles. The first-order valence-corrected chi connectivity index (χ1v) is 10.7. The van der Waals surface area contributed by atoms with Crippen LogP contribution in [0.15, 0.2) is 37.2 Å². The number of piperidine rings is 1. The minimum Gasteiger partial charge on any atom is -0.355 e. The monoisotopic (exact) mass is 381 g/mol. The van der Waals surface area contributed by atoms with Crippen LogP contribution >= 0.6 is 0 Å². The minimum atomic E-state index is -0.375. The summed E-state index contributed by atoms with van der Waals surface area (Å²) in [6, 6.07) is 3.96. The van der Waals surface area contributed by atoms with Crippen molar-refractivity contribution >= 4 is 11.8 Å². The predicted octanol–water partition coefficient (Wildman–Crippen LogP) is 3.21. The van der Waals surface area contributed by atoms with Gasteiger partial charge in [0.05, 0.1) is 5.41 Å². The van der Waals surface area contributed by atoms with Gasteiger partial charge in [-0.3, -0.25) is 14.6 Å². The number of aromatic nitrogens is 1. The van der Waals surface area contributed by atoms with Gasteiger partial charge >= 0.3 is 0 Å². The number of rotatable bonds is 5. The Labute approximate surface area is 167 Å². The third kappa shape index (κ3) is 3.25. The van der Waals surface area contributed by atoms with Crippen LogP contribution in [0.1, 0.15) is 56.9 Å². The van der Waals surface area contributed by atoms with Gasteiger partial charge in [-0.25, -0.2) is 0 Å². The molecule has 3 fully saturated rings. The summed E-state index contributed by atoms with van der Waals surface area (Å²) in [6.45, 7) is 6.00. The van der Waals surface area contributed by atoms with E-state index in [1.54, 1.807) is 6.20 Å². The Morgan fingerprint density at radius 3 is 2.61 bits per heavy atom. The first kappa shape index (κ1) is 19.2. The van der Waals surface area contributed by atoms with Gasteiger partial charge < -0.3 is 10.2 Å². The summed E-state index contributed by atoms with van der Waals surface area (Å²) < 4.78 is 0. The van der Waals surface area contributed by atoms with Gasteiger partial charge in [0.1, 0.15) is 0 Å². The molecule has 1 spiro atoms. The Morgan fingerprint density at radius 1 is 1.21 bits per heavy atom. The normalized spacial score (nSPS) is 25.1. The van der Waals surface area contributed by atoms with Gasteiger partial charge in [-0.05, 0) is 67.6 Å². The smallest absolute Gasteiger partial charge is 0.245 e. The zero-order valence-electron chi connectivity index (χ0n) is 16.7. The second-order valence-electron chi connectivity index (χ2n) is 8.87. The zero-order chi connectivity index (χ0) is 19.6.